The van der Waals surface area contributed by atoms with Crippen molar-refractivity contribution in [1.82, 2.24) is 16.0 Å². The lowest BCUT2D eigenvalue weighted by Gasteiger charge is -2.23. The molecule has 1 saturated heterocycles. The number of carbonyl (C=O) groups is 1. The zero-order chi connectivity index (χ0) is 13.5. The second kappa shape index (κ2) is 7.14. The normalized spacial score (nSPS) is 18.9. The maximum Gasteiger partial charge on any atom is 0.315 e. The van der Waals surface area contributed by atoms with Gasteiger partial charge in [0.2, 0.25) is 0 Å². The van der Waals surface area contributed by atoms with Crippen LogP contribution in [-0.4, -0.2) is 25.2 Å². The Kier molecular flexibility index (Phi) is 5.21. The van der Waals surface area contributed by atoms with Gasteiger partial charge in [-0.3, -0.25) is 0 Å². The molecule has 4 heteroatoms. The summed E-state index contributed by atoms with van der Waals surface area (Å²) in [5.74, 6) is 0. The zero-order valence-corrected chi connectivity index (χ0v) is 11.5. The van der Waals surface area contributed by atoms with Crippen molar-refractivity contribution >= 4 is 6.03 Å². The van der Waals surface area contributed by atoms with Crippen molar-refractivity contribution in [3.05, 3.63) is 35.4 Å². The van der Waals surface area contributed by atoms with Gasteiger partial charge >= 0.3 is 6.03 Å². The van der Waals surface area contributed by atoms with Gasteiger partial charge in [0.05, 0.1) is 0 Å². The van der Waals surface area contributed by atoms with Crippen LogP contribution in [0.3, 0.4) is 0 Å². The fraction of sp³-hybridized carbons (Fsp3) is 0.533. The highest BCUT2D eigenvalue weighted by molar-refractivity contribution is 5.73. The van der Waals surface area contributed by atoms with Crippen LogP contribution in [0.25, 0.3) is 0 Å². The summed E-state index contributed by atoms with van der Waals surface area (Å²) in [5, 5.41) is 9.21. The van der Waals surface area contributed by atoms with E-state index in [1.807, 2.05) is 12.1 Å². The maximum absolute atomic E-state index is 11.7. The van der Waals surface area contributed by atoms with Crippen molar-refractivity contribution in [3.63, 3.8) is 0 Å². The third kappa shape index (κ3) is 4.91. The lowest BCUT2D eigenvalue weighted by molar-refractivity contribution is 0.238. The maximum atomic E-state index is 11.7. The fourth-order valence-electron chi connectivity index (χ4n) is 2.26. The molecule has 0 aromatic heterocycles. The van der Waals surface area contributed by atoms with E-state index in [1.165, 1.54) is 18.4 Å². The molecule has 0 bridgehead atoms. The Bertz CT molecular complexity index is 396. The summed E-state index contributed by atoms with van der Waals surface area (Å²) in [5.41, 5.74) is 2.35. The molecule has 4 nitrogen and oxygen atoms in total. The third-order valence-corrected chi connectivity index (χ3v) is 3.50. The smallest absolute Gasteiger partial charge is 0.315 e. The highest BCUT2D eigenvalue weighted by Crippen LogP contribution is 2.05. The first kappa shape index (κ1) is 13.9. The average Bonchev–Trinajstić information content (AvgIpc) is 2.45. The van der Waals surface area contributed by atoms with Gasteiger partial charge in [0.15, 0.2) is 0 Å². The molecule has 1 fully saturated rings. The predicted octanol–water partition coefficient (Wildman–Crippen LogP) is 1.94. The van der Waals surface area contributed by atoms with E-state index in [0.29, 0.717) is 19.1 Å². The molecule has 3 N–H and O–H groups in total. The van der Waals surface area contributed by atoms with E-state index < -0.39 is 0 Å². The Balaban J connectivity index is 1.65. The predicted molar refractivity (Wildman–Crippen MR) is 77.1 cm³/mol. The monoisotopic (exact) mass is 261 g/mol. The van der Waals surface area contributed by atoms with Crippen molar-refractivity contribution in [3.8, 4) is 0 Å². The van der Waals surface area contributed by atoms with E-state index in [9.17, 15) is 4.79 Å². The Labute approximate surface area is 115 Å². The van der Waals surface area contributed by atoms with E-state index in [-0.39, 0.29) is 6.03 Å². The van der Waals surface area contributed by atoms with Gasteiger partial charge in [0.25, 0.3) is 0 Å². The van der Waals surface area contributed by atoms with Gasteiger partial charge in [0.1, 0.15) is 0 Å². The summed E-state index contributed by atoms with van der Waals surface area (Å²) in [4.78, 5) is 11.7. The molecule has 2 amide bonds. The van der Waals surface area contributed by atoms with Gasteiger partial charge in [0, 0.05) is 19.1 Å². The Morgan fingerprint density at radius 1 is 1.26 bits per heavy atom. The molecule has 0 aliphatic carbocycles. The molecule has 0 radical (unpaired) electrons. The molecule has 1 atom stereocenters. The van der Waals surface area contributed by atoms with Crippen LogP contribution in [0.2, 0.25) is 0 Å². The third-order valence-electron chi connectivity index (χ3n) is 3.50. The summed E-state index contributed by atoms with van der Waals surface area (Å²) < 4.78 is 0. The first-order valence-corrected chi connectivity index (χ1v) is 7.04. The summed E-state index contributed by atoms with van der Waals surface area (Å²) in [6.45, 7) is 4.41. The average molecular weight is 261 g/mol. The molecule has 1 unspecified atom stereocenters. The number of urea groups is 1. The van der Waals surface area contributed by atoms with Crippen molar-refractivity contribution in [1.29, 1.82) is 0 Å². The van der Waals surface area contributed by atoms with Crippen LogP contribution in [0, 0.1) is 6.92 Å². The Morgan fingerprint density at radius 3 is 2.74 bits per heavy atom. The number of piperidine rings is 1. The van der Waals surface area contributed by atoms with Gasteiger partial charge in [-0.2, -0.15) is 0 Å². The van der Waals surface area contributed by atoms with Crippen molar-refractivity contribution in [2.45, 2.75) is 38.8 Å². The molecule has 1 aromatic rings. The quantitative estimate of drug-likeness (QED) is 0.776. The van der Waals surface area contributed by atoms with Gasteiger partial charge in [-0.25, -0.2) is 4.79 Å². The molecule has 1 aromatic carbocycles. The van der Waals surface area contributed by atoms with Crippen molar-refractivity contribution in [2.24, 2.45) is 0 Å². The Hall–Kier alpha value is -1.55. The van der Waals surface area contributed by atoms with E-state index in [2.05, 4.69) is 35.0 Å². The van der Waals surface area contributed by atoms with Crippen LogP contribution in [0.1, 0.15) is 30.4 Å². The number of hydrogen-bond donors (Lipinski definition) is 3. The highest BCUT2D eigenvalue weighted by atomic mass is 16.2. The Morgan fingerprint density at radius 2 is 2.05 bits per heavy atom. The van der Waals surface area contributed by atoms with Gasteiger partial charge in [-0.05, 0) is 31.9 Å². The first-order chi connectivity index (χ1) is 9.24. The molecule has 19 heavy (non-hydrogen) atoms. The van der Waals surface area contributed by atoms with Gasteiger partial charge < -0.3 is 16.0 Å². The minimum Gasteiger partial charge on any atom is -0.337 e. The molecule has 0 spiro atoms. The van der Waals surface area contributed by atoms with Crippen LogP contribution >= 0.6 is 0 Å². The number of nitrogens with one attached hydrogen (secondary N) is 3. The van der Waals surface area contributed by atoms with E-state index in [0.717, 1.165) is 18.5 Å². The lowest BCUT2D eigenvalue weighted by atomic mass is 10.1. The SMILES string of the molecule is Cc1ccc(CNC(=O)NCC2CCCCN2)cc1. The minimum atomic E-state index is -0.0899. The number of hydrogen-bond acceptors (Lipinski definition) is 2. The van der Waals surface area contributed by atoms with Crippen molar-refractivity contribution in [2.75, 3.05) is 13.1 Å². The topological polar surface area (TPSA) is 53.2 Å². The van der Waals surface area contributed by atoms with Gasteiger partial charge in [-0.15, -0.1) is 0 Å². The number of amides is 2. The lowest BCUT2D eigenvalue weighted by Crippen LogP contribution is -2.46. The zero-order valence-electron chi connectivity index (χ0n) is 11.5. The van der Waals surface area contributed by atoms with Crippen LogP contribution in [0.4, 0.5) is 4.79 Å². The number of carbonyl (C=O) groups excluding carboxylic acids is 1. The molecule has 2 rings (SSSR count). The number of benzene rings is 1. The molecule has 1 aliphatic heterocycles. The first-order valence-electron chi connectivity index (χ1n) is 7.04. The highest BCUT2D eigenvalue weighted by Gasteiger charge is 2.12. The minimum absolute atomic E-state index is 0.0899. The van der Waals surface area contributed by atoms with Gasteiger partial charge in [-0.1, -0.05) is 36.2 Å². The van der Waals surface area contributed by atoms with Crippen LogP contribution < -0.4 is 16.0 Å². The second-order valence-electron chi connectivity index (χ2n) is 5.20. The molecule has 1 aliphatic rings. The van der Waals surface area contributed by atoms with E-state index in [1.54, 1.807) is 0 Å². The molecule has 104 valence electrons. The molecule has 1 heterocycles. The molecular formula is C15H23N3O. The van der Waals surface area contributed by atoms with Crippen LogP contribution in [0.5, 0.6) is 0 Å². The standard InChI is InChI=1S/C15H23N3O/c1-12-5-7-13(8-6-12)10-17-15(19)18-11-14-4-2-3-9-16-14/h5-8,14,16H,2-4,9-11H2,1H3,(H2,17,18,19). The summed E-state index contributed by atoms with van der Waals surface area (Å²) in [6, 6.07) is 8.53. The summed E-state index contributed by atoms with van der Waals surface area (Å²) in [6.07, 6.45) is 3.65. The summed E-state index contributed by atoms with van der Waals surface area (Å²) in [7, 11) is 0. The molecular weight excluding hydrogens is 238 g/mol. The molecule has 0 saturated carbocycles. The number of rotatable bonds is 4. The van der Waals surface area contributed by atoms with E-state index in [4.69, 9.17) is 0 Å². The fourth-order valence-corrected chi connectivity index (χ4v) is 2.26. The second-order valence-corrected chi connectivity index (χ2v) is 5.20. The summed E-state index contributed by atoms with van der Waals surface area (Å²) >= 11 is 0. The number of aryl methyl sites for hydroxylation is 1. The van der Waals surface area contributed by atoms with Crippen LogP contribution in [0.15, 0.2) is 24.3 Å². The van der Waals surface area contributed by atoms with Crippen molar-refractivity contribution < 1.29 is 4.79 Å². The van der Waals surface area contributed by atoms with E-state index >= 15 is 0 Å². The largest absolute Gasteiger partial charge is 0.337 e. The van der Waals surface area contributed by atoms with Crippen LogP contribution in [-0.2, 0) is 6.54 Å².